The van der Waals surface area contributed by atoms with Crippen LogP contribution < -0.4 is 4.90 Å². The summed E-state index contributed by atoms with van der Waals surface area (Å²) in [5.41, 5.74) is 14.6. The summed E-state index contributed by atoms with van der Waals surface area (Å²) in [5, 5.41) is 2.56. The number of hydrogen-bond donors (Lipinski definition) is 0. The van der Waals surface area contributed by atoms with Gasteiger partial charge in [-0.05, 0) is 88.0 Å². The smallest absolute Gasteiger partial charge is 0.0541 e. The first-order valence-electron chi connectivity index (χ1n) is 16.4. The van der Waals surface area contributed by atoms with Crippen molar-refractivity contribution in [2.75, 3.05) is 4.90 Å². The number of aromatic nitrogens is 1. The average molecular weight is 603 g/mol. The lowest BCUT2D eigenvalue weighted by molar-refractivity contribution is 0.632. The molecule has 0 atom stereocenters. The van der Waals surface area contributed by atoms with Gasteiger partial charge < -0.3 is 9.47 Å². The molecule has 0 amide bonds. The predicted molar refractivity (Wildman–Crippen MR) is 198 cm³/mol. The van der Waals surface area contributed by atoms with Crippen molar-refractivity contribution < 1.29 is 0 Å². The summed E-state index contributed by atoms with van der Waals surface area (Å²) >= 11 is 0. The summed E-state index contributed by atoms with van der Waals surface area (Å²) in [5.74, 6) is 0. The maximum absolute atomic E-state index is 2.43. The van der Waals surface area contributed by atoms with Crippen LogP contribution in [0.4, 0.5) is 17.1 Å². The highest BCUT2D eigenvalue weighted by Crippen LogP contribution is 2.52. The van der Waals surface area contributed by atoms with E-state index in [-0.39, 0.29) is 5.41 Å². The molecule has 47 heavy (non-hydrogen) atoms. The predicted octanol–water partition coefficient (Wildman–Crippen LogP) is 12.2. The van der Waals surface area contributed by atoms with E-state index in [1.54, 1.807) is 0 Å². The zero-order chi connectivity index (χ0) is 31.5. The Labute approximate surface area is 275 Å². The molecule has 0 radical (unpaired) electrons. The van der Waals surface area contributed by atoms with Gasteiger partial charge in [-0.3, -0.25) is 0 Å². The molecule has 7 aromatic carbocycles. The topological polar surface area (TPSA) is 8.17 Å². The van der Waals surface area contributed by atoms with E-state index in [0.717, 1.165) is 5.69 Å². The zero-order valence-corrected chi connectivity index (χ0v) is 26.6. The quantitative estimate of drug-likeness (QED) is 0.195. The van der Waals surface area contributed by atoms with Crippen molar-refractivity contribution >= 4 is 38.9 Å². The molecular formula is C45H34N2. The van der Waals surface area contributed by atoms with Crippen molar-refractivity contribution in [3.63, 3.8) is 0 Å². The molecule has 1 aliphatic heterocycles. The minimum atomic E-state index is -0.161. The Morgan fingerprint density at radius 1 is 0.383 bits per heavy atom. The van der Waals surface area contributed by atoms with Gasteiger partial charge in [0.2, 0.25) is 0 Å². The fourth-order valence-corrected chi connectivity index (χ4v) is 7.60. The maximum Gasteiger partial charge on any atom is 0.0541 e. The van der Waals surface area contributed by atoms with Gasteiger partial charge in [0.15, 0.2) is 0 Å². The highest BCUT2D eigenvalue weighted by molar-refractivity contribution is 6.09. The highest BCUT2D eigenvalue weighted by Gasteiger charge is 2.37. The molecule has 0 saturated heterocycles. The van der Waals surface area contributed by atoms with E-state index in [4.69, 9.17) is 0 Å². The number of nitrogens with zero attached hydrogens (tertiary/aromatic N) is 2. The molecule has 0 N–H and O–H groups in total. The molecule has 0 saturated carbocycles. The van der Waals surface area contributed by atoms with Crippen molar-refractivity contribution in [3.8, 4) is 27.9 Å². The number of hydrogen-bond acceptors (Lipinski definition) is 1. The maximum atomic E-state index is 2.43. The summed E-state index contributed by atoms with van der Waals surface area (Å²) in [6.45, 7) is 4.71. The third kappa shape index (κ3) is 4.33. The van der Waals surface area contributed by atoms with Gasteiger partial charge in [0.1, 0.15) is 0 Å². The summed E-state index contributed by atoms with van der Waals surface area (Å²) in [4.78, 5) is 2.43. The molecule has 2 nitrogen and oxygen atoms in total. The number of benzene rings is 7. The van der Waals surface area contributed by atoms with Gasteiger partial charge in [0, 0.05) is 27.6 Å². The number of fused-ring (bicyclic) bond motifs is 5. The van der Waals surface area contributed by atoms with Crippen molar-refractivity contribution in [3.05, 3.63) is 181 Å². The van der Waals surface area contributed by atoms with Crippen LogP contribution in [-0.4, -0.2) is 4.57 Å². The van der Waals surface area contributed by atoms with Gasteiger partial charge in [0.25, 0.3) is 0 Å². The molecule has 2 heteroatoms. The van der Waals surface area contributed by atoms with Crippen LogP contribution in [0.15, 0.2) is 170 Å². The second-order valence-electron chi connectivity index (χ2n) is 13.0. The van der Waals surface area contributed by atoms with Crippen LogP contribution in [0.1, 0.15) is 25.0 Å². The molecule has 0 fully saturated rings. The van der Waals surface area contributed by atoms with E-state index < -0.39 is 0 Å². The van der Waals surface area contributed by atoms with Crippen LogP contribution in [0, 0.1) is 0 Å². The van der Waals surface area contributed by atoms with Crippen molar-refractivity contribution in [2.24, 2.45) is 0 Å². The average Bonchev–Trinajstić information content (AvgIpc) is 3.47. The van der Waals surface area contributed by atoms with Gasteiger partial charge in [-0.1, -0.05) is 129 Å². The Hall–Kier alpha value is -5.86. The van der Waals surface area contributed by atoms with Gasteiger partial charge in [-0.2, -0.15) is 0 Å². The minimum Gasteiger partial charge on any atom is -0.310 e. The van der Waals surface area contributed by atoms with Crippen LogP contribution >= 0.6 is 0 Å². The van der Waals surface area contributed by atoms with Gasteiger partial charge >= 0.3 is 0 Å². The molecule has 1 aliphatic rings. The van der Waals surface area contributed by atoms with Crippen molar-refractivity contribution in [1.29, 1.82) is 0 Å². The van der Waals surface area contributed by atoms with E-state index in [0.29, 0.717) is 0 Å². The molecule has 9 rings (SSSR count). The Balaban J connectivity index is 1.13. The van der Waals surface area contributed by atoms with E-state index in [1.165, 1.54) is 72.2 Å². The van der Waals surface area contributed by atoms with Crippen LogP contribution in [-0.2, 0) is 5.41 Å². The molecule has 224 valence electrons. The van der Waals surface area contributed by atoms with Crippen LogP contribution in [0.5, 0.6) is 0 Å². The molecule has 1 aromatic heterocycles. The largest absolute Gasteiger partial charge is 0.310 e. The van der Waals surface area contributed by atoms with E-state index in [9.17, 15) is 0 Å². The molecular weight excluding hydrogens is 569 g/mol. The Morgan fingerprint density at radius 2 is 0.872 bits per heavy atom. The standard InChI is InChI=1S/C45H34N2/c1-45(2)39-16-8-11-19-43(39)47(36-25-20-32(21-26-36)31-12-4-3-5-13-31)44-29-24-34(30-40(44)45)33-22-27-35(28-23-33)46-41-17-9-6-14-37(41)38-15-7-10-18-42(38)46/h3-30H,1-2H3. The summed E-state index contributed by atoms with van der Waals surface area (Å²) in [6, 6.07) is 61.9. The Bertz CT molecular complexity index is 2360. The van der Waals surface area contributed by atoms with Crippen molar-refractivity contribution in [1.82, 2.24) is 4.57 Å². The van der Waals surface area contributed by atoms with Crippen LogP contribution in [0.3, 0.4) is 0 Å². The third-order valence-electron chi connectivity index (χ3n) is 10.0. The molecule has 0 bridgehead atoms. The molecule has 0 spiro atoms. The monoisotopic (exact) mass is 602 g/mol. The van der Waals surface area contributed by atoms with E-state index in [1.807, 2.05) is 0 Å². The summed E-state index contributed by atoms with van der Waals surface area (Å²) in [6.07, 6.45) is 0. The number of rotatable bonds is 4. The first-order chi connectivity index (χ1) is 23.1. The van der Waals surface area contributed by atoms with Crippen molar-refractivity contribution in [2.45, 2.75) is 19.3 Å². The highest BCUT2D eigenvalue weighted by atomic mass is 15.2. The lowest BCUT2D eigenvalue weighted by atomic mass is 9.73. The van der Waals surface area contributed by atoms with Crippen LogP contribution in [0.2, 0.25) is 0 Å². The summed E-state index contributed by atoms with van der Waals surface area (Å²) in [7, 11) is 0. The Kier molecular flexibility index (Phi) is 6.20. The van der Waals surface area contributed by atoms with E-state index in [2.05, 4.69) is 193 Å². The number of para-hydroxylation sites is 3. The zero-order valence-electron chi connectivity index (χ0n) is 26.6. The first kappa shape index (κ1) is 27.5. The second kappa shape index (κ2) is 10.6. The van der Waals surface area contributed by atoms with Crippen LogP contribution in [0.25, 0.3) is 49.7 Å². The molecule has 8 aromatic rings. The summed E-state index contributed by atoms with van der Waals surface area (Å²) < 4.78 is 2.38. The third-order valence-corrected chi connectivity index (χ3v) is 10.0. The van der Waals surface area contributed by atoms with Gasteiger partial charge in [0.05, 0.1) is 22.4 Å². The second-order valence-corrected chi connectivity index (χ2v) is 13.0. The Morgan fingerprint density at radius 3 is 1.55 bits per heavy atom. The SMILES string of the molecule is CC1(C)c2ccccc2N(c2ccc(-c3ccccc3)cc2)c2ccc(-c3ccc(-n4c5ccccc5c5ccccc54)cc3)cc21. The lowest BCUT2D eigenvalue weighted by Gasteiger charge is -2.42. The molecule has 0 aliphatic carbocycles. The van der Waals surface area contributed by atoms with E-state index >= 15 is 0 Å². The molecule has 2 heterocycles. The lowest BCUT2D eigenvalue weighted by Crippen LogP contribution is -2.30. The van der Waals surface area contributed by atoms with Gasteiger partial charge in [-0.25, -0.2) is 0 Å². The first-order valence-corrected chi connectivity index (χ1v) is 16.4. The number of anilines is 3. The normalized spacial score (nSPS) is 13.4. The fraction of sp³-hybridized carbons (Fsp3) is 0.0667. The minimum absolute atomic E-state index is 0.161. The fourth-order valence-electron chi connectivity index (χ4n) is 7.60. The molecule has 0 unspecified atom stereocenters. The van der Waals surface area contributed by atoms with Gasteiger partial charge in [-0.15, -0.1) is 0 Å².